The second kappa shape index (κ2) is 7.17. The maximum atomic E-state index is 10.7. The highest BCUT2D eigenvalue weighted by Crippen LogP contribution is 2.25. The molecule has 8 heteroatoms. The normalized spacial score (nSPS) is 18.4. The molecule has 1 aliphatic rings. The maximum Gasteiger partial charge on any atom is 0.522 e. The van der Waals surface area contributed by atoms with Gasteiger partial charge in [0, 0.05) is 6.61 Å². The molecule has 1 rings (SSSR count). The van der Waals surface area contributed by atoms with Gasteiger partial charge in [-0.15, -0.1) is 0 Å². The van der Waals surface area contributed by atoms with Crippen LogP contribution in [0.2, 0.25) is 0 Å². The summed E-state index contributed by atoms with van der Waals surface area (Å²) in [5.41, 5.74) is -5.53. The van der Waals surface area contributed by atoms with Crippen LogP contribution >= 0.6 is 0 Å². The Hall–Kier alpha value is -0.340. The zero-order valence-electron chi connectivity index (χ0n) is 9.28. The van der Waals surface area contributed by atoms with Crippen LogP contribution in [-0.4, -0.2) is 30.2 Å². The van der Waals surface area contributed by atoms with E-state index in [-0.39, 0.29) is 0 Å². The van der Waals surface area contributed by atoms with Gasteiger partial charge in [-0.2, -0.15) is 21.6 Å². The molecule has 2 N–H and O–H groups in total. The predicted octanol–water partition coefficient (Wildman–Crippen LogP) is 2.34. The lowest BCUT2D eigenvalue weighted by Crippen LogP contribution is -2.21. The molecule has 0 aliphatic heterocycles. The fraction of sp³-hybridized carbons (Fsp3) is 1.00. The van der Waals surface area contributed by atoms with E-state index >= 15 is 0 Å². The summed E-state index contributed by atoms with van der Waals surface area (Å²) in [6.07, 6.45) is 7.97. The van der Waals surface area contributed by atoms with Gasteiger partial charge in [0.2, 0.25) is 0 Å². The Morgan fingerprint density at radius 1 is 1.12 bits per heavy atom. The summed E-state index contributed by atoms with van der Waals surface area (Å²) in [6, 6.07) is 0. The maximum absolute atomic E-state index is 10.7. The molecule has 1 fully saturated rings. The second-order valence-corrected chi connectivity index (χ2v) is 5.35. The van der Waals surface area contributed by atoms with Crippen molar-refractivity contribution in [3.05, 3.63) is 0 Å². The van der Waals surface area contributed by atoms with Crippen LogP contribution in [-0.2, 0) is 10.1 Å². The van der Waals surface area contributed by atoms with E-state index in [1.807, 2.05) is 0 Å². The zero-order valence-corrected chi connectivity index (χ0v) is 10.1. The van der Waals surface area contributed by atoms with Gasteiger partial charge in [-0.3, -0.25) is 4.55 Å². The minimum Gasteiger partial charge on any atom is -0.396 e. The van der Waals surface area contributed by atoms with Crippen molar-refractivity contribution in [2.75, 3.05) is 6.61 Å². The fourth-order valence-corrected chi connectivity index (χ4v) is 1.66. The lowest BCUT2D eigenvalue weighted by Gasteiger charge is -2.19. The Labute approximate surface area is 98.6 Å². The zero-order chi connectivity index (χ0) is 13.5. The topological polar surface area (TPSA) is 74.6 Å². The summed E-state index contributed by atoms with van der Waals surface area (Å²) in [5, 5.41) is 8.62. The molecule has 0 radical (unpaired) electrons. The molecule has 0 saturated heterocycles. The summed E-state index contributed by atoms with van der Waals surface area (Å²) < 4.78 is 57.5. The highest BCUT2D eigenvalue weighted by Gasteiger charge is 2.44. The Morgan fingerprint density at radius 3 is 1.82 bits per heavy atom. The van der Waals surface area contributed by atoms with Crippen molar-refractivity contribution in [2.45, 2.75) is 44.0 Å². The van der Waals surface area contributed by atoms with Gasteiger partial charge >= 0.3 is 15.6 Å². The first kappa shape index (κ1) is 16.7. The molecular weight excluding hydrogens is 261 g/mol. The third kappa shape index (κ3) is 7.56. The van der Waals surface area contributed by atoms with Crippen molar-refractivity contribution in [3.8, 4) is 0 Å². The van der Waals surface area contributed by atoms with Crippen molar-refractivity contribution in [1.29, 1.82) is 0 Å². The molecule has 4 nitrogen and oxygen atoms in total. The van der Waals surface area contributed by atoms with Crippen LogP contribution in [0.4, 0.5) is 13.2 Å². The summed E-state index contributed by atoms with van der Waals surface area (Å²) in [4.78, 5) is 0. The summed E-state index contributed by atoms with van der Waals surface area (Å²) >= 11 is 0. The van der Waals surface area contributed by atoms with Crippen LogP contribution in [0, 0.1) is 5.92 Å². The molecule has 0 aromatic heterocycles. The van der Waals surface area contributed by atoms with Crippen molar-refractivity contribution >= 4 is 10.1 Å². The largest absolute Gasteiger partial charge is 0.522 e. The van der Waals surface area contributed by atoms with E-state index in [0.717, 1.165) is 12.3 Å². The molecule has 0 aromatic rings. The lowest BCUT2D eigenvalue weighted by atomic mass is 9.87. The van der Waals surface area contributed by atoms with Gasteiger partial charge in [-0.05, 0) is 12.3 Å². The third-order valence-electron chi connectivity index (χ3n) is 2.55. The monoisotopic (exact) mass is 278 g/mol. The minimum absolute atomic E-state index is 0.394. The van der Waals surface area contributed by atoms with Gasteiger partial charge in [0.25, 0.3) is 0 Å². The standard InChI is InChI=1S/C8H16O.CHF3O3S/c9-7-6-8-4-2-1-3-5-8;2-1(3,4)8(5,6)7/h8-9H,1-7H2;(H,5,6,7). The van der Waals surface area contributed by atoms with Crippen molar-refractivity contribution in [2.24, 2.45) is 5.92 Å². The van der Waals surface area contributed by atoms with Crippen LogP contribution in [0.3, 0.4) is 0 Å². The number of alkyl halides is 3. The number of aliphatic hydroxyl groups excluding tert-OH is 1. The highest BCUT2D eigenvalue weighted by atomic mass is 32.2. The molecule has 0 spiro atoms. The van der Waals surface area contributed by atoms with Gasteiger partial charge in [-0.1, -0.05) is 32.1 Å². The van der Waals surface area contributed by atoms with Crippen LogP contribution in [0.1, 0.15) is 38.5 Å². The van der Waals surface area contributed by atoms with Crippen LogP contribution in [0.15, 0.2) is 0 Å². The molecule has 0 atom stereocenters. The van der Waals surface area contributed by atoms with Gasteiger partial charge in [0.15, 0.2) is 0 Å². The summed E-state index contributed by atoms with van der Waals surface area (Å²) in [7, 11) is -5.84. The van der Waals surface area contributed by atoms with Crippen molar-refractivity contribution in [1.82, 2.24) is 0 Å². The van der Waals surface area contributed by atoms with E-state index in [1.54, 1.807) is 0 Å². The molecule has 0 amide bonds. The molecular formula is C9H17F3O4S. The molecule has 104 valence electrons. The van der Waals surface area contributed by atoms with Crippen molar-refractivity contribution in [3.63, 3.8) is 0 Å². The molecule has 0 aromatic carbocycles. The number of hydrogen-bond donors (Lipinski definition) is 2. The van der Waals surface area contributed by atoms with Gasteiger partial charge in [-0.25, -0.2) is 0 Å². The van der Waals surface area contributed by atoms with E-state index in [0.29, 0.717) is 6.61 Å². The Morgan fingerprint density at radius 2 is 1.53 bits per heavy atom. The van der Waals surface area contributed by atoms with Crippen LogP contribution in [0.5, 0.6) is 0 Å². The average molecular weight is 278 g/mol. The number of hydrogen-bond acceptors (Lipinski definition) is 3. The molecule has 1 aliphatic carbocycles. The predicted molar refractivity (Wildman–Crippen MR) is 55.9 cm³/mol. The molecule has 1 saturated carbocycles. The van der Waals surface area contributed by atoms with Crippen LogP contribution < -0.4 is 0 Å². The highest BCUT2D eigenvalue weighted by molar-refractivity contribution is 7.86. The smallest absolute Gasteiger partial charge is 0.396 e. The Balaban J connectivity index is 0.000000304. The summed E-state index contributed by atoms with van der Waals surface area (Å²) in [5.74, 6) is 0.851. The summed E-state index contributed by atoms with van der Waals surface area (Å²) in [6.45, 7) is 0.394. The van der Waals surface area contributed by atoms with Gasteiger partial charge in [0.1, 0.15) is 0 Å². The number of rotatable bonds is 2. The molecule has 0 bridgehead atoms. The first-order chi connectivity index (χ1) is 7.68. The Bertz CT molecular complexity index is 291. The average Bonchev–Trinajstić information content (AvgIpc) is 2.17. The second-order valence-electron chi connectivity index (χ2n) is 3.94. The number of aliphatic hydroxyl groups is 1. The minimum atomic E-state index is -5.84. The first-order valence-electron chi connectivity index (χ1n) is 5.33. The lowest BCUT2D eigenvalue weighted by molar-refractivity contribution is -0.0510. The first-order valence-corrected chi connectivity index (χ1v) is 6.77. The van der Waals surface area contributed by atoms with E-state index in [2.05, 4.69) is 0 Å². The molecule has 0 unspecified atom stereocenters. The molecule has 0 heterocycles. The molecule has 17 heavy (non-hydrogen) atoms. The SMILES string of the molecule is O=S(=O)(O)C(F)(F)F.OCCC1CCCCC1. The number of halogens is 3. The van der Waals surface area contributed by atoms with Gasteiger partial charge in [0.05, 0.1) is 0 Å². The van der Waals surface area contributed by atoms with Crippen LogP contribution in [0.25, 0.3) is 0 Å². The van der Waals surface area contributed by atoms with Crippen molar-refractivity contribution < 1.29 is 31.2 Å². The van der Waals surface area contributed by atoms with E-state index in [9.17, 15) is 13.2 Å². The van der Waals surface area contributed by atoms with E-state index < -0.39 is 15.6 Å². The Kier molecular flexibility index (Phi) is 7.03. The van der Waals surface area contributed by atoms with E-state index in [4.69, 9.17) is 18.1 Å². The van der Waals surface area contributed by atoms with Gasteiger partial charge < -0.3 is 5.11 Å². The fourth-order valence-electron chi connectivity index (χ4n) is 1.66. The third-order valence-corrected chi connectivity index (χ3v) is 3.14. The quantitative estimate of drug-likeness (QED) is 0.600. The van der Waals surface area contributed by atoms with E-state index in [1.165, 1.54) is 32.1 Å².